The second kappa shape index (κ2) is 7.14. The Bertz CT molecular complexity index is 507. The minimum absolute atomic E-state index is 0.140. The molecule has 1 aliphatic heterocycles. The minimum Gasteiger partial charge on any atom is -0.371 e. The van der Waals surface area contributed by atoms with Crippen molar-refractivity contribution in [3.05, 3.63) is 35.6 Å². The largest absolute Gasteiger partial charge is 0.371 e. The van der Waals surface area contributed by atoms with Gasteiger partial charge in [-0.3, -0.25) is 15.0 Å². The number of amides is 3. The van der Waals surface area contributed by atoms with Crippen molar-refractivity contribution in [1.82, 2.24) is 10.2 Å². The maximum Gasteiger partial charge on any atom is 0.318 e. The fraction of sp³-hybridized carbons (Fsp3) is 0.429. The number of urea groups is 1. The summed E-state index contributed by atoms with van der Waals surface area (Å²) in [6.07, 6.45) is 0.0533. The van der Waals surface area contributed by atoms with E-state index >= 15 is 0 Å². The van der Waals surface area contributed by atoms with E-state index in [4.69, 9.17) is 10.5 Å². The van der Waals surface area contributed by atoms with Gasteiger partial charge in [-0.15, -0.1) is 0 Å². The number of halogens is 1. The Morgan fingerprint density at radius 2 is 2.10 bits per heavy atom. The summed E-state index contributed by atoms with van der Waals surface area (Å²) < 4.78 is 18.6. The molecule has 0 saturated carbocycles. The molecule has 6 nitrogen and oxygen atoms in total. The Kier molecular flexibility index (Phi) is 5.24. The first-order valence-corrected chi connectivity index (χ1v) is 6.73. The first-order chi connectivity index (χ1) is 10.0. The van der Waals surface area contributed by atoms with E-state index in [-0.39, 0.29) is 18.3 Å². The van der Waals surface area contributed by atoms with Gasteiger partial charge in [0.2, 0.25) is 5.91 Å². The smallest absolute Gasteiger partial charge is 0.318 e. The molecule has 0 spiro atoms. The molecule has 1 fully saturated rings. The number of nitrogens with one attached hydrogen (secondary N) is 1. The predicted octanol–water partition coefficient (Wildman–Crippen LogP) is 0.784. The van der Waals surface area contributed by atoms with E-state index in [1.807, 2.05) is 5.32 Å². The number of carbonyl (C=O) groups excluding carboxylic acids is 2. The lowest BCUT2D eigenvalue weighted by molar-refractivity contribution is -0.120. The lowest BCUT2D eigenvalue weighted by Crippen LogP contribution is -2.41. The Balaban J connectivity index is 1.84. The molecule has 1 aromatic carbocycles. The van der Waals surface area contributed by atoms with E-state index in [0.717, 1.165) is 5.56 Å². The molecule has 114 valence electrons. The van der Waals surface area contributed by atoms with E-state index in [1.54, 1.807) is 12.1 Å². The van der Waals surface area contributed by atoms with Gasteiger partial charge < -0.3 is 10.5 Å². The summed E-state index contributed by atoms with van der Waals surface area (Å²) in [7, 11) is 0. The summed E-state index contributed by atoms with van der Waals surface area (Å²) in [6, 6.07) is 5.36. The van der Waals surface area contributed by atoms with Crippen molar-refractivity contribution in [1.29, 1.82) is 0 Å². The molecule has 0 aliphatic carbocycles. The highest BCUT2D eigenvalue weighted by Crippen LogP contribution is 2.22. The molecule has 0 radical (unpaired) electrons. The molecule has 1 aliphatic rings. The number of imide groups is 1. The SMILES string of the molecule is NC(=O)NC(=O)CCN1CCO[C@H](c2ccc(F)cc2)C1. The number of primary amides is 1. The summed E-state index contributed by atoms with van der Waals surface area (Å²) in [5, 5.41) is 2.03. The number of nitrogens with two attached hydrogens (primary N) is 1. The Morgan fingerprint density at radius 3 is 2.76 bits per heavy atom. The number of rotatable bonds is 4. The normalized spacial score (nSPS) is 19.2. The summed E-state index contributed by atoms with van der Waals surface area (Å²) in [5.74, 6) is -0.679. The van der Waals surface area contributed by atoms with Crippen LogP contribution in [0.2, 0.25) is 0 Å². The van der Waals surface area contributed by atoms with Crippen LogP contribution in [0.3, 0.4) is 0 Å². The number of ether oxygens (including phenoxy) is 1. The van der Waals surface area contributed by atoms with Crippen molar-refractivity contribution < 1.29 is 18.7 Å². The molecule has 1 aromatic rings. The fourth-order valence-electron chi connectivity index (χ4n) is 2.24. The van der Waals surface area contributed by atoms with Crippen LogP contribution < -0.4 is 11.1 Å². The number of morpholine rings is 1. The number of nitrogens with zero attached hydrogens (tertiary/aromatic N) is 1. The molecule has 3 N–H and O–H groups in total. The third kappa shape index (κ3) is 4.80. The van der Waals surface area contributed by atoms with Gasteiger partial charge in [-0.1, -0.05) is 12.1 Å². The van der Waals surface area contributed by atoms with Crippen molar-refractivity contribution >= 4 is 11.9 Å². The molecule has 1 saturated heterocycles. The number of hydrogen-bond acceptors (Lipinski definition) is 4. The topological polar surface area (TPSA) is 84.7 Å². The molecule has 0 bridgehead atoms. The summed E-state index contributed by atoms with van der Waals surface area (Å²) in [4.78, 5) is 24.0. The molecule has 0 aromatic heterocycles. The van der Waals surface area contributed by atoms with E-state index in [1.165, 1.54) is 12.1 Å². The summed E-state index contributed by atoms with van der Waals surface area (Å²) in [6.45, 7) is 2.39. The molecular formula is C14H18FN3O3. The standard InChI is InChI=1S/C14H18FN3O3/c15-11-3-1-10(2-4-11)12-9-18(7-8-21-12)6-5-13(19)17-14(16)20/h1-4,12H,5-9H2,(H3,16,17,19,20)/t12-/m0/s1. The van der Waals surface area contributed by atoms with E-state index in [9.17, 15) is 14.0 Å². The first kappa shape index (κ1) is 15.4. The Morgan fingerprint density at radius 1 is 1.38 bits per heavy atom. The van der Waals surface area contributed by atoms with Crippen molar-refractivity contribution in [2.45, 2.75) is 12.5 Å². The predicted molar refractivity (Wildman–Crippen MR) is 73.9 cm³/mol. The van der Waals surface area contributed by atoms with Crippen LogP contribution in [-0.2, 0) is 9.53 Å². The van der Waals surface area contributed by atoms with Gasteiger partial charge in [0.1, 0.15) is 5.82 Å². The zero-order valence-electron chi connectivity index (χ0n) is 11.5. The molecule has 0 unspecified atom stereocenters. The van der Waals surface area contributed by atoms with Crippen molar-refractivity contribution in [2.75, 3.05) is 26.2 Å². The lowest BCUT2D eigenvalue weighted by Gasteiger charge is -2.33. The van der Waals surface area contributed by atoms with Gasteiger partial charge in [-0.2, -0.15) is 0 Å². The monoisotopic (exact) mass is 295 g/mol. The van der Waals surface area contributed by atoms with Crippen LogP contribution in [0.15, 0.2) is 24.3 Å². The van der Waals surface area contributed by atoms with Crippen molar-refractivity contribution in [2.24, 2.45) is 5.73 Å². The van der Waals surface area contributed by atoms with Gasteiger partial charge >= 0.3 is 6.03 Å². The second-order valence-electron chi connectivity index (χ2n) is 4.87. The van der Waals surface area contributed by atoms with Gasteiger partial charge in [-0.05, 0) is 17.7 Å². The number of benzene rings is 1. The van der Waals surface area contributed by atoms with Gasteiger partial charge in [0.25, 0.3) is 0 Å². The third-order valence-electron chi connectivity index (χ3n) is 3.31. The van der Waals surface area contributed by atoms with Gasteiger partial charge in [0.05, 0.1) is 12.7 Å². The molecule has 2 rings (SSSR count). The quantitative estimate of drug-likeness (QED) is 0.860. The maximum atomic E-state index is 12.9. The third-order valence-corrected chi connectivity index (χ3v) is 3.31. The maximum absolute atomic E-state index is 12.9. The Labute approximate surface area is 122 Å². The van der Waals surface area contributed by atoms with Gasteiger partial charge in [0, 0.05) is 26.1 Å². The molecule has 1 atom stereocenters. The van der Waals surface area contributed by atoms with Gasteiger partial charge in [-0.25, -0.2) is 9.18 Å². The molecule has 1 heterocycles. The molecule has 21 heavy (non-hydrogen) atoms. The van der Waals surface area contributed by atoms with Gasteiger partial charge in [0.15, 0.2) is 0 Å². The molecule has 3 amide bonds. The second-order valence-corrected chi connectivity index (χ2v) is 4.87. The molecular weight excluding hydrogens is 277 g/mol. The fourth-order valence-corrected chi connectivity index (χ4v) is 2.24. The van der Waals surface area contributed by atoms with E-state index in [2.05, 4.69) is 4.90 Å². The van der Waals surface area contributed by atoms with Crippen LogP contribution in [0, 0.1) is 5.82 Å². The molecule has 7 heteroatoms. The average Bonchev–Trinajstić information content (AvgIpc) is 2.45. The van der Waals surface area contributed by atoms with E-state index in [0.29, 0.717) is 26.2 Å². The summed E-state index contributed by atoms with van der Waals surface area (Å²) in [5.41, 5.74) is 5.78. The van der Waals surface area contributed by atoms with Crippen LogP contribution in [0.4, 0.5) is 9.18 Å². The van der Waals surface area contributed by atoms with Crippen LogP contribution >= 0.6 is 0 Å². The lowest BCUT2D eigenvalue weighted by atomic mass is 10.1. The zero-order valence-corrected chi connectivity index (χ0v) is 11.5. The zero-order chi connectivity index (χ0) is 15.2. The highest BCUT2D eigenvalue weighted by molar-refractivity contribution is 5.93. The van der Waals surface area contributed by atoms with Crippen molar-refractivity contribution in [3.8, 4) is 0 Å². The van der Waals surface area contributed by atoms with Crippen LogP contribution in [0.1, 0.15) is 18.1 Å². The van der Waals surface area contributed by atoms with Crippen molar-refractivity contribution in [3.63, 3.8) is 0 Å². The van der Waals surface area contributed by atoms with Crippen LogP contribution in [0.5, 0.6) is 0 Å². The van der Waals surface area contributed by atoms with Crippen LogP contribution in [0.25, 0.3) is 0 Å². The van der Waals surface area contributed by atoms with E-state index < -0.39 is 11.9 Å². The number of carbonyl (C=O) groups is 2. The average molecular weight is 295 g/mol. The Hall–Kier alpha value is -1.99. The minimum atomic E-state index is -0.842. The first-order valence-electron chi connectivity index (χ1n) is 6.73. The summed E-state index contributed by atoms with van der Waals surface area (Å²) >= 11 is 0. The number of hydrogen-bond donors (Lipinski definition) is 2. The highest BCUT2D eigenvalue weighted by atomic mass is 19.1. The highest BCUT2D eigenvalue weighted by Gasteiger charge is 2.22. The van der Waals surface area contributed by atoms with Crippen LogP contribution in [-0.4, -0.2) is 43.1 Å².